The molecule has 5 heteroatoms. The molecule has 0 spiro atoms. The zero-order valence-corrected chi connectivity index (χ0v) is 18.5. The van der Waals surface area contributed by atoms with E-state index >= 15 is 0 Å². The molecule has 0 aliphatic carbocycles. The van der Waals surface area contributed by atoms with Crippen molar-refractivity contribution in [3.63, 3.8) is 0 Å². The van der Waals surface area contributed by atoms with Crippen LogP contribution in [0.15, 0.2) is 54.6 Å². The SMILES string of the molecule is CC(C)Cc1ccc(C(=O)CCC(=O)N2CCCN(C(=O)c3ccccc3)CC2)cc1. The molecule has 0 N–H and O–H groups in total. The van der Waals surface area contributed by atoms with Gasteiger partial charge in [0.2, 0.25) is 5.91 Å². The van der Waals surface area contributed by atoms with Gasteiger partial charge in [0.05, 0.1) is 0 Å². The van der Waals surface area contributed by atoms with E-state index in [2.05, 4.69) is 13.8 Å². The van der Waals surface area contributed by atoms with Crippen molar-refractivity contribution >= 4 is 17.6 Å². The topological polar surface area (TPSA) is 57.7 Å². The quantitative estimate of drug-likeness (QED) is 0.630. The first kappa shape index (κ1) is 22.7. The second kappa shape index (κ2) is 10.9. The number of carbonyl (C=O) groups is 3. The Hall–Kier alpha value is -2.95. The van der Waals surface area contributed by atoms with Gasteiger partial charge in [0, 0.05) is 50.1 Å². The fourth-order valence-electron chi connectivity index (χ4n) is 3.95. The van der Waals surface area contributed by atoms with Crippen LogP contribution in [0, 0.1) is 5.92 Å². The first-order chi connectivity index (χ1) is 14.9. The van der Waals surface area contributed by atoms with E-state index in [1.54, 1.807) is 4.90 Å². The average Bonchev–Trinajstić information content (AvgIpc) is 3.04. The summed E-state index contributed by atoms with van der Waals surface area (Å²) in [4.78, 5) is 41.4. The maximum absolute atomic E-state index is 12.7. The molecule has 0 unspecified atom stereocenters. The highest BCUT2D eigenvalue weighted by Crippen LogP contribution is 2.14. The van der Waals surface area contributed by atoms with Crippen molar-refractivity contribution in [3.8, 4) is 0 Å². The third kappa shape index (κ3) is 6.51. The fraction of sp³-hybridized carbons (Fsp3) is 0.423. The van der Waals surface area contributed by atoms with E-state index in [4.69, 9.17) is 0 Å². The van der Waals surface area contributed by atoms with Crippen molar-refractivity contribution in [2.24, 2.45) is 5.92 Å². The molecule has 1 aliphatic rings. The molecule has 2 amide bonds. The van der Waals surface area contributed by atoms with Crippen molar-refractivity contribution in [2.75, 3.05) is 26.2 Å². The maximum atomic E-state index is 12.7. The summed E-state index contributed by atoms with van der Waals surface area (Å²) >= 11 is 0. The van der Waals surface area contributed by atoms with Crippen LogP contribution < -0.4 is 0 Å². The summed E-state index contributed by atoms with van der Waals surface area (Å²) in [6.07, 6.45) is 2.16. The molecular formula is C26H32N2O3. The standard InChI is InChI=1S/C26H32N2O3/c1-20(2)19-21-9-11-22(12-10-21)24(29)13-14-25(30)27-15-6-16-28(18-17-27)26(31)23-7-4-3-5-8-23/h3-5,7-12,20H,6,13-19H2,1-2H3. The van der Waals surface area contributed by atoms with Gasteiger partial charge in [-0.05, 0) is 36.5 Å². The van der Waals surface area contributed by atoms with Crippen LogP contribution in [0.4, 0.5) is 0 Å². The second-order valence-electron chi connectivity index (χ2n) is 8.61. The lowest BCUT2D eigenvalue weighted by Gasteiger charge is -2.22. The Morgan fingerprint density at radius 1 is 0.774 bits per heavy atom. The molecule has 31 heavy (non-hydrogen) atoms. The normalized spacial score (nSPS) is 14.4. The predicted octanol–water partition coefficient (Wildman–Crippen LogP) is 4.22. The van der Waals surface area contributed by atoms with Gasteiger partial charge in [-0.2, -0.15) is 0 Å². The van der Waals surface area contributed by atoms with E-state index in [0.717, 1.165) is 12.8 Å². The summed E-state index contributed by atoms with van der Waals surface area (Å²) in [7, 11) is 0. The van der Waals surface area contributed by atoms with Crippen molar-refractivity contribution < 1.29 is 14.4 Å². The van der Waals surface area contributed by atoms with Crippen LogP contribution in [0.1, 0.15) is 59.4 Å². The average molecular weight is 421 g/mol. The number of amides is 2. The van der Waals surface area contributed by atoms with Crippen LogP contribution in [-0.2, 0) is 11.2 Å². The Morgan fingerprint density at radius 3 is 2.10 bits per heavy atom. The van der Waals surface area contributed by atoms with Crippen molar-refractivity contribution in [2.45, 2.75) is 39.5 Å². The van der Waals surface area contributed by atoms with Gasteiger partial charge in [-0.3, -0.25) is 14.4 Å². The van der Waals surface area contributed by atoms with Gasteiger partial charge in [0.15, 0.2) is 5.78 Å². The largest absolute Gasteiger partial charge is 0.341 e. The van der Waals surface area contributed by atoms with Crippen LogP contribution in [-0.4, -0.2) is 53.6 Å². The first-order valence-corrected chi connectivity index (χ1v) is 11.2. The van der Waals surface area contributed by atoms with Crippen LogP contribution in [0.2, 0.25) is 0 Å². The molecule has 0 bridgehead atoms. The summed E-state index contributed by atoms with van der Waals surface area (Å²) in [5.74, 6) is 0.566. The van der Waals surface area contributed by atoms with Crippen molar-refractivity contribution in [1.82, 2.24) is 9.80 Å². The smallest absolute Gasteiger partial charge is 0.253 e. The van der Waals surface area contributed by atoms with E-state index in [0.29, 0.717) is 43.2 Å². The summed E-state index contributed by atoms with van der Waals surface area (Å²) in [6.45, 7) is 6.63. The Bertz CT molecular complexity index is 891. The summed E-state index contributed by atoms with van der Waals surface area (Å²) in [5, 5.41) is 0. The zero-order valence-electron chi connectivity index (χ0n) is 18.5. The zero-order chi connectivity index (χ0) is 22.2. The molecule has 3 rings (SSSR count). The van der Waals surface area contributed by atoms with Gasteiger partial charge in [0.25, 0.3) is 5.91 Å². The van der Waals surface area contributed by atoms with Crippen LogP contribution in [0.25, 0.3) is 0 Å². The molecule has 1 fully saturated rings. The Labute approximate surface area is 185 Å². The number of benzene rings is 2. The van der Waals surface area contributed by atoms with Gasteiger partial charge < -0.3 is 9.80 Å². The summed E-state index contributed by atoms with van der Waals surface area (Å²) in [6, 6.07) is 17.0. The molecule has 5 nitrogen and oxygen atoms in total. The molecule has 1 saturated heterocycles. The minimum Gasteiger partial charge on any atom is -0.341 e. The Kier molecular flexibility index (Phi) is 7.99. The number of nitrogens with zero attached hydrogens (tertiary/aromatic N) is 2. The molecule has 2 aromatic carbocycles. The first-order valence-electron chi connectivity index (χ1n) is 11.2. The van der Waals surface area contributed by atoms with Gasteiger partial charge in [-0.15, -0.1) is 0 Å². The summed E-state index contributed by atoms with van der Waals surface area (Å²) < 4.78 is 0. The van der Waals surface area contributed by atoms with Gasteiger partial charge in [0.1, 0.15) is 0 Å². The number of hydrogen-bond donors (Lipinski definition) is 0. The second-order valence-corrected chi connectivity index (χ2v) is 8.61. The number of carbonyl (C=O) groups excluding carboxylic acids is 3. The van der Waals surface area contributed by atoms with Crippen molar-refractivity contribution in [3.05, 3.63) is 71.3 Å². The fourth-order valence-corrected chi connectivity index (χ4v) is 3.95. The third-order valence-electron chi connectivity index (χ3n) is 5.64. The van der Waals surface area contributed by atoms with E-state index < -0.39 is 0 Å². The molecule has 0 saturated carbocycles. The van der Waals surface area contributed by atoms with Gasteiger partial charge in [-0.25, -0.2) is 0 Å². The molecule has 0 atom stereocenters. The van der Waals surface area contributed by atoms with E-state index in [-0.39, 0.29) is 30.4 Å². The highest BCUT2D eigenvalue weighted by Gasteiger charge is 2.23. The van der Waals surface area contributed by atoms with Crippen LogP contribution >= 0.6 is 0 Å². The molecular weight excluding hydrogens is 388 g/mol. The highest BCUT2D eigenvalue weighted by molar-refractivity contribution is 5.98. The van der Waals surface area contributed by atoms with E-state index in [9.17, 15) is 14.4 Å². The lowest BCUT2D eigenvalue weighted by atomic mass is 9.99. The third-order valence-corrected chi connectivity index (χ3v) is 5.64. The lowest BCUT2D eigenvalue weighted by molar-refractivity contribution is -0.131. The Morgan fingerprint density at radius 2 is 1.42 bits per heavy atom. The number of ketones is 1. The maximum Gasteiger partial charge on any atom is 0.253 e. The molecule has 0 aromatic heterocycles. The molecule has 1 heterocycles. The minimum absolute atomic E-state index is 0.000140. The van der Waals surface area contributed by atoms with Gasteiger partial charge in [-0.1, -0.05) is 56.3 Å². The summed E-state index contributed by atoms with van der Waals surface area (Å²) in [5.41, 5.74) is 2.56. The lowest BCUT2D eigenvalue weighted by Crippen LogP contribution is -2.37. The monoisotopic (exact) mass is 420 g/mol. The molecule has 0 radical (unpaired) electrons. The number of hydrogen-bond acceptors (Lipinski definition) is 3. The minimum atomic E-state index is -0.0150. The van der Waals surface area contributed by atoms with Crippen LogP contribution in [0.5, 0.6) is 0 Å². The molecule has 2 aromatic rings. The number of Topliss-reactive ketones (excluding diaryl/α,β-unsaturated/α-hetero) is 1. The van der Waals surface area contributed by atoms with E-state index in [1.807, 2.05) is 59.5 Å². The van der Waals surface area contributed by atoms with E-state index in [1.165, 1.54) is 5.56 Å². The van der Waals surface area contributed by atoms with Gasteiger partial charge >= 0.3 is 0 Å². The van der Waals surface area contributed by atoms with Crippen LogP contribution in [0.3, 0.4) is 0 Å². The Balaban J connectivity index is 1.48. The number of rotatable bonds is 7. The molecule has 164 valence electrons. The van der Waals surface area contributed by atoms with Crippen molar-refractivity contribution in [1.29, 1.82) is 0 Å². The highest BCUT2D eigenvalue weighted by atomic mass is 16.2. The molecule has 1 aliphatic heterocycles. The predicted molar refractivity (Wildman–Crippen MR) is 122 cm³/mol.